The van der Waals surface area contributed by atoms with Crippen LogP contribution in [-0.2, 0) is 33.5 Å². The zero-order valence-corrected chi connectivity index (χ0v) is 31.9. The van der Waals surface area contributed by atoms with Crippen molar-refractivity contribution < 1.29 is 56.6 Å². The first-order valence-electron chi connectivity index (χ1n) is 17.4. The van der Waals surface area contributed by atoms with Gasteiger partial charge < -0.3 is 40.9 Å². The molecule has 1 aliphatic carbocycles. The van der Waals surface area contributed by atoms with E-state index >= 15 is 0 Å². The number of ether oxygens (including phenoxy) is 1. The van der Waals surface area contributed by atoms with Crippen molar-refractivity contribution in [2.24, 2.45) is 11.8 Å². The number of hydrogen-bond acceptors (Lipinski definition) is 9. The number of likely N-dealkylation sites (N-methyl/N-ethyl adjacent to an activating group) is 1. The first-order chi connectivity index (χ1) is 25.1. The first-order valence-corrected chi connectivity index (χ1v) is 17.9. The second-order valence-electron chi connectivity index (χ2n) is 14.0. The molecule has 54 heavy (non-hydrogen) atoms. The molecule has 2 aliphatic rings. The third-order valence-electron chi connectivity index (χ3n) is 8.73. The van der Waals surface area contributed by atoms with Crippen molar-refractivity contribution in [2.45, 2.75) is 95.7 Å². The molecule has 4 unspecified atom stereocenters. The van der Waals surface area contributed by atoms with E-state index in [-0.39, 0.29) is 31.4 Å². The van der Waals surface area contributed by atoms with E-state index in [4.69, 9.17) is 5.11 Å². The van der Waals surface area contributed by atoms with Crippen molar-refractivity contribution in [3.63, 3.8) is 0 Å². The quantitative estimate of drug-likeness (QED) is 0.130. The molecular weight excluding hydrogens is 741 g/mol. The lowest BCUT2D eigenvalue weighted by molar-refractivity contribution is -0.244. The Labute approximate surface area is 317 Å². The minimum absolute atomic E-state index is 0.0711. The number of amides is 6. The van der Waals surface area contributed by atoms with Crippen LogP contribution in [0.4, 0.5) is 18.0 Å². The lowest BCUT2D eigenvalue weighted by atomic mass is 10.0. The Kier molecular flexibility index (Phi) is 17.2. The normalized spacial score (nSPS) is 17.2. The van der Waals surface area contributed by atoms with Crippen LogP contribution in [0.5, 0.6) is 0 Å². The van der Waals surface area contributed by atoms with Gasteiger partial charge in [-0.2, -0.15) is 13.2 Å². The molecule has 5 N–H and O–H groups in total. The molecule has 1 saturated carbocycles. The number of halogens is 4. The first kappa shape index (κ1) is 45.7. The zero-order valence-electron chi connectivity index (χ0n) is 31.1. The molecule has 15 nitrogen and oxygen atoms in total. The molecule has 302 valence electrons. The van der Waals surface area contributed by atoms with Crippen molar-refractivity contribution in [1.29, 1.82) is 0 Å². The van der Waals surface area contributed by atoms with Gasteiger partial charge in [-0.1, -0.05) is 68.6 Å². The van der Waals surface area contributed by atoms with Crippen molar-refractivity contribution in [2.75, 3.05) is 33.3 Å². The van der Waals surface area contributed by atoms with Crippen LogP contribution in [0.25, 0.3) is 0 Å². The Morgan fingerprint density at radius 1 is 0.981 bits per heavy atom. The molecule has 2 fully saturated rings. The second-order valence-corrected chi connectivity index (χ2v) is 14.2. The Balaban J connectivity index is 0.00000325. The second kappa shape index (κ2) is 20.3. The molecule has 1 saturated heterocycles. The molecule has 0 radical (unpaired) electrons. The molecule has 0 aromatic heterocycles. The summed E-state index contributed by atoms with van der Waals surface area (Å²) in [5.41, 5.74) is -2.31. The summed E-state index contributed by atoms with van der Waals surface area (Å²) in [6.45, 7) is 3.94. The van der Waals surface area contributed by atoms with Gasteiger partial charge in [0.15, 0.2) is 0 Å². The summed E-state index contributed by atoms with van der Waals surface area (Å²) in [5, 5.41) is 16.9. The monoisotopic (exact) mass is 790 g/mol. The van der Waals surface area contributed by atoms with E-state index in [9.17, 15) is 46.7 Å². The van der Waals surface area contributed by atoms with Gasteiger partial charge in [0.2, 0.25) is 35.0 Å². The fourth-order valence-electron chi connectivity index (χ4n) is 5.44. The van der Waals surface area contributed by atoms with Gasteiger partial charge >= 0.3 is 12.3 Å². The van der Waals surface area contributed by atoms with Crippen LogP contribution < -0.4 is 21.3 Å². The smallest absolute Gasteiger partial charge is 0.427 e. The SMILES string of the molecule is CC(C)C(NC(=O)OC(C)(C)C(F)(F)F)C(=O)N1CCCC1C(=O)NC(CC1CC1)C(=O)C(=O)NCC(=O)NC(C(=O)N(C)C)c1ccccc1.OCCl. The third-order valence-corrected chi connectivity index (χ3v) is 8.73. The summed E-state index contributed by atoms with van der Waals surface area (Å²) in [4.78, 5) is 93.8. The number of carbonyl (C=O) groups excluding carboxylic acids is 7. The predicted molar refractivity (Wildman–Crippen MR) is 189 cm³/mol. The number of nitrogens with one attached hydrogen (secondary N) is 4. The summed E-state index contributed by atoms with van der Waals surface area (Å²) < 4.78 is 44.3. The predicted octanol–water partition coefficient (Wildman–Crippen LogP) is 2.16. The number of Topliss-reactive ketones (excluding diaryl/α,β-unsaturated/α-hetero) is 1. The van der Waals surface area contributed by atoms with Crippen LogP contribution in [0.3, 0.4) is 0 Å². The van der Waals surface area contributed by atoms with Gasteiger partial charge in [-0.25, -0.2) is 4.79 Å². The molecule has 0 bridgehead atoms. The minimum Gasteiger partial charge on any atom is -0.434 e. The number of alkyl halides is 4. The maximum absolute atomic E-state index is 13.6. The lowest BCUT2D eigenvalue weighted by Crippen LogP contribution is -2.58. The number of carbonyl (C=O) groups is 7. The van der Waals surface area contributed by atoms with Crippen LogP contribution >= 0.6 is 11.6 Å². The summed E-state index contributed by atoms with van der Waals surface area (Å²) in [5.74, 6) is -5.25. The van der Waals surface area contributed by atoms with E-state index in [0.717, 1.165) is 12.8 Å². The van der Waals surface area contributed by atoms with Crippen LogP contribution in [0.15, 0.2) is 30.3 Å². The fraction of sp³-hybridized carbons (Fsp3) is 0.629. The molecule has 0 spiro atoms. The van der Waals surface area contributed by atoms with Crippen molar-refractivity contribution in [3.05, 3.63) is 35.9 Å². The van der Waals surface area contributed by atoms with Gasteiger partial charge in [-0.15, -0.1) is 0 Å². The summed E-state index contributed by atoms with van der Waals surface area (Å²) in [6, 6.07) is 3.46. The third kappa shape index (κ3) is 13.4. The average molecular weight is 791 g/mol. The molecule has 1 aliphatic heterocycles. The molecule has 19 heteroatoms. The van der Waals surface area contributed by atoms with E-state index in [2.05, 4.69) is 37.6 Å². The molecule has 1 aromatic rings. The highest BCUT2D eigenvalue weighted by atomic mass is 35.5. The van der Waals surface area contributed by atoms with Crippen LogP contribution in [0.1, 0.15) is 71.4 Å². The molecule has 4 atom stereocenters. The van der Waals surface area contributed by atoms with Gasteiger partial charge in [0.25, 0.3) is 5.91 Å². The van der Waals surface area contributed by atoms with Gasteiger partial charge in [0.1, 0.15) is 24.2 Å². The van der Waals surface area contributed by atoms with E-state index in [1.54, 1.807) is 44.2 Å². The van der Waals surface area contributed by atoms with Gasteiger partial charge in [-0.05, 0) is 50.5 Å². The maximum atomic E-state index is 13.6. The van der Waals surface area contributed by atoms with Crippen molar-refractivity contribution in [3.8, 4) is 0 Å². The minimum atomic E-state index is -4.87. The van der Waals surface area contributed by atoms with Crippen molar-refractivity contribution >= 4 is 53.0 Å². The van der Waals surface area contributed by atoms with Crippen molar-refractivity contribution in [1.82, 2.24) is 31.1 Å². The standard InChI is InChI=1S/C34H47F3N6O8.CH3ClO/c1-19(2)25(41-32(50)51-33(3,4)34(35,36)37)31(49)43-16-10-13-23(43)28(46)39-22(17-20-14-15-20)27(45)29(47)38-18-24(44)40-26(30(48)42(5)6)21-11-8-7-9-12-21;2-1-3/h7-9,11-12,19-20,22-23,25-26H,10,13-18H2,1-6H3,(H,38,47)(H,39,46)(H,40,44)(H,41,50);3H,1H2. The summed E-state index contributed by atoms with van der Waals surface area (Å²) in [6.07, 6.45) is -4.04. The lowest BCUT2D eigenvalue weighted by Gasteiger charge is -2.32. The maximum Gasteiger partial charge on any atom is 0.427 e. The number of ketones is 1. The van der Waals surface area contributed by atoms with Crippen LogP contribution in [0, 0.1) is 11.8 Å². The highest BCUT2D eigenvalue weighted by Gasteiger charge is 2.51. The van der Waals surface area contributed by atoms with Gasteiger partial charge in [0.05, 0.1) is 12.6 Å². The Hall–Kier alpha value is -4.45. The number of benzene rings is 1. The zero-order chi connectivity index (χ0) is 41.0. The Bertz CT molecular complexity index is 1490. The molecule has 1 aromatic carbocycles. The number of aliphatic hydroxyl groups is 1. The fourth-order valence-corrected chi connectivity index (χ4v) is 5.44. The van der Waals surface area contributed by atoms with E-state index in [1.165, 1.54) is 23.9 Å². The number of alkyl carbamates (subject to hydrolysis) is 1. The molecular formula is C35H50ClF3N6O9. The van der Waals surface area contributed by atoms with Gasteiger partial charge in [0, 0.05) is 20.6 Å². The van der Waals surface area contributed by atoms with Gasteiger partial charge in [-0.3, -0.25) is 28.8 Å². The highest BCUT2D eigenvalue weighted by Crippen LogP contribution is 2.34. The summed E-state index contributed by atoms with van der Waals surface area (Å²) in [7, 11) is 3.05. The number of rotatable bonds is 15. The Morgan fingerprint density at radius 2 is 1.57 bits per heavy atom. The summed E-state index contributed by atoms with van der Waals surface area (Å²) >= 11 is 4.55. The number of likely N-dealkylation sites (tertiary alicyclic amines) is 1. The highest BCUT2D eigenvalue weighted by molar-refractivity contribution is 6.38. The van der Waals surface area contributed by atoms with E-state index < -0.39 is 89.8 Å². The molecule has 3 rings (SSSR count). The number of hydrogen-bond donors (Lipinski definition) is 5. The molecule has 1 heterocycles. The number of nitrogens with zero attached hydrogens (tertiary/aromatic N) is 2. The number of aliphatic hydroxyl groups excluding tert-OH is 1. The van der Waals surface area contributed by atoms with E-state index in [1.807, 2.05) is 0 Å². The molecule has 6 amide bonds. The average Bonchev–Trinajstić information content (AvgIpc) is 3.77. The van der Waals surface area contributed by atoms with Crippen LogP contribution in [-0.4, -0.2) is 119 Å². The topological polar surface area (TPSA) is 204 Å². The van der Waals surface area contributed by atoms with Crippen LogP contribution in [0.2, 0.25) is 0 Å². The van der Waals surface area contributed by atoms with E-state index in [0.29, 0.717) is 25.8 Å². The largest absolute Gasteiger partial charge is 0.434 e. The Morgan fingerprint density at radius 3 is 2.09 bits per heavy atom.